The molecular weight excluding hydrogens is 356 g/mol. The maximum absolute atomic E-state index is 11.2. The minimum Gasteiger partial charge on any atom is -0.496 e. The monoisotopic (exact) mass is 378 g/mol. The minimum absolute atomic E-state index is 0.289. The zero-order valence-corrected chi connectivity index (χ0v) is 15.9. The van der Waals surface area contributed by atoms with Crippen LogP contribution in [-0.4, -0.2) is 20.5 Å². The second-order valence-corrected chi connectivity index (χ2v) is 6.03. The molecule has 5 nitrogen and oxygen atoms in total. The van der Waals surface area contributed by atoms with Crippen molar-refractivity contribution in [2.75, 3.05) is 14.2 Å². The number of hydrogen-bond acceptors (Lipinski definition) is 5. The van der Waals surface area contributed by atoms with Crippen LogP contribution in [0.15, 0.2) is 66.7 Å². The molecule has 0 aromatic heterocycles. The van der Waals surface area contributed by atoms with Gasteiger partial charge < -0.3 is 18.9 Å². The largest absolute Gasteiger partial charge is 0.496 e. The van der Waals surface area contributed by atoms with Crippen LogP contribution < -0.4 is 18.9 Å². The Labute approximate surface area is 164 Å². The van der Waals surface area contributed by atoms with Gasteiger partial charge in [-0.05, 0) is 30.3 Å². The standard InChI is InChI=1S/C23H22O5/c1-25-20-9-5-3-7-18(20)15-27-22-12-11-17(14-24)13-23(22)28-16-19-8-4-6-10-21(19)26-2/h3-14H,15-16H2,1-2H3. The summed E-state index contributed by atoms with van der Waals surface area (Å²) in [6.07, 6.45) is 0.778. The molecule has 144 valence electrons. The fourth-order valence-corrected chi connectivity index (χ4v) is 2.79. The number of para-hydroxylation sites is 2. The van der Waals surface area contributed by atoms with Gasteiger partial charge in [-0.3, -0.25) is 4.79 Å². The van der Waals surface area contributed by atoms with E-state index >= 15 is 0 Å². The Hall–Kier alpha value is -3.47. The van der Waals surface area contributed by atoms with Gasteiger partial charge in [0.2, 0.25) is 0 Å². The number of benzene rings is 3. The molecule has 0 aliphatic rings. The third kappa shape index (κ3) is 4.62. The Bertz CT molecular complexity index is 936. The van der Waals surface area contributed by atoms with Gasteiger partial charge in [0.25, 0.3) is 0 Å². The lowest BCUT2D eigenvalue weighted by molar-refractivity contribution is 0.112. The van der Waals surface area contributed by atoms with Crippen molar-refractivity contribution in [2.24, 2.45) is 0 Å². The molecule has 0 radical (unpaired) electrons. The molecule has 0 aliphatic heterocycles. The van der Waals surface area contributed by atoms with E-state index in [1.807, 2.05) is 48.5 Å². The third-order valence-electron chi connectivity index (χ3n) is 4.26. The first kappa shape index (κ1) is 19.3. The maximum atomic E-state index is 11.2. The van der Waals surface area contributed by atoms with E-state index in [-0.39, 0.29) is 6.61 Å². The number of rotatable bonds is 9. The summed E-state index contributed by atoms with van der Waals surface area (Å²) in [6.45, 7) is 0.604. The van der Waals surface area contributed by atoms with Crippen LogP contribution in [0.2, 0.25) is 0 Å². The van der Waals surface area contributed by atoms with E-state index in [1.165, 1.54) is 0 Å². The van der Waals surface area contributed by atoms with Crippen molar-refractivity contribution < 1.29 is 23.7 Å². The summed E-state index contributed by atoms with van der Waals surface area (Å²) in [6, 6.07) is 20.4. The fraction of sp³-hybridized carbons (Fsp3) is 0.174. The van der Waals surface area contributed by atoms with Gasteiger partial charge in [-0.2, -0.15) is 0 Å². The van der Waals surface area contributed by atoms with Crippen molar-refractivity contribution >= 4 is 6.29 Å². The Balaban J connectivity index is 1.79. The van der Waals surface area contributed by atoms with Gasteiger partial charge in [-0.15, -0.1) is 0 Å². The average molecular weight is 378 g/mol. The lowest BCUT2D eigenvalue weighted by atomic mass is 10.2. The molecular formula is C23H22O5. The zero-order valence-electron chi connectivity index (χ0n) is 15.9. The van der Waals surface area contributed by atoms with Gasteiger partial charge in [-0.25, -0.2) is 0 Å². The van der Waals surface area contributed by atoms with Crippen LogP contribution >= 0.6 is 0 Å². The first-order chi connectivity index (χ1) is 13.7. The Kier molecular flexibility index (Phi) is 6.52. The highest BCUT2D eigenvalue weighted by Crippen LogP contribution is 2.31. The molecule has 5 heteroatoms. The highest BCUT2D eigenvalue weighted by Gasteiger charge is 2.11. The van der Waals surface area contributed by atoms with Crippen molar-refractivity contribution in [3.05, 3.63) is 83.4 Å². The van der Waals surface area contributed by atoms with Crippen molar-refractivity contribution in [1.29, 1.82) is 0 Å². The molecule has 0 aliphatic carbocycles. The molecule has 28 heavy (non-hydrogen) atoms. The van der Waals surface area contributed by atoms with E-state index in [9.17, 15) is 4.79 Å². The normalized spacial score (nSPS) is 10.2. The highest BCUT2D eigenvalue weighted by molar-refractivity contribution is 5.76. The second-order valence-electron chi connectivity index (χ2n) is 6.03. The van der Waals surface area contributed by atoms with Gasteiger partial charge in [0.1, 0.15) is 31.0 Å². The van der Waals surface area contributed by atoms with Crippen LogP contribution in [0.4, 0.5) is 0 Å². The topological polar surface area (TPSA) is 54.0 Å². The van der Waals surface area contributed by atoms with Crippen molar-refractivity contribution in [3.63, 3.8) is 0 Å². The van der Waals surface area contributed by atoms with Crippen LogP contribution in [-0.2, 0) is 13.2 Å². The van der Waals surface area contributed by atoms with E-state index in [0.29, 0.717) is 23.7 Å². The van der Waals surface area contributed by atoms with E-state index < -0.39 is 0 Å². The van der Waals surface area contributed by atoms with E-state index in [4.69, 9.17) is 18.9 Å². The molecule has 0 heterocycles. The summed E-state index contributed by atoms with van der Waals surface area (Å²) in [4.78, 5) is 11.2. The Morgan fingerprint density at radius 3 is 1.75 bits per heavy atom. The predicted molar refractivity (Wildman–Crippen MR) is 106 cm³/mol. The van der Waals surface area contributed by atoms with Crippen LogP contribution in [0.3, 0.4) is 0 Å². The second kappa shape index (κ2) is 9.46. The Morgan fingerprint density at radius 1 is 0.679 bits per heavy atom. The highest BCUT2D eigenvalue weighted by atomic mass is 16.5. The molecule has 0 amide bonds. The number of carbonyl (C=O) groups is 1. The van der Waals surface area contributed by atoms with Gasteiger partial charge >= 0.3 is 0 Å². The number of ether oxygens (including phenoxy) is 4. The maximum Gasteiger partial charge on any atom is 0.162 e. The summed E-state index contributed by atoms with van der Waals surface area (Å²) in [5, 5.41) is 0. The summed E-state index contributed by atoms with van der Waals surface area (Å²) >= 11 is 0. The SMILES string of the molecule is COc1ccccc1COc1ccc(C=O)cc1OCc1ccccc1OC. The van der Waals surface area contributed by atoms with E-state index in [1.54, 1.807) is 32.4 Å². The molecule has 3 aromatic rings. The molecule has 3 rings (SSSR count). The number of hydrogen-bond donors (Lipinski definition) is 0. The molecule has 0 spiro atoms. The van der Waals surface area contributed by atoms with E-state index in [0.717, 1.165) is 28.9 Å². The Morgan fingerprint density at radius 2 is 1.21 bits per heavy atom. The average Bonchev–Trinajstić information content (AvgIpc) is 2.76. The predicted octanol–water partition coefficient (Wildman–Crippen LogP) is 4.67. The van der Waals surface area contributed by atoms with Gasteiger partial charge in [0, 0.05) is 16.7 Å². The van der Waals surface area contributed by atoms with E-state index in [2.05, 4.69) is 0 Å². The minimum atomic E-state index is 0.289. The van der Waals surface area contributed by atoms with Crippen molar-refractivity contribution in [1.82, 2.24) is 0 Å². The van der Waals surface area contributed by atoms with Gasteiger partial charge in [0.05, 0.1) is 14.2 Å². The van der Waals surface area contributed by atoms with Crippen LogP contribution in [0, 0.1) is 0 Å². The fourth-order valence-electron chi connectivity index (χ4n) is 2.79. The zero-order chi connectivity index (χ0) is 19.8. The van der Waals surface area contributed by atoms with Crippen molar-refractivity contribution in [2.45, 2.75) is 13.2 Å². The molecule has 0 unspecified atom stereocenters. The lowest BCUT2D eigenvalue weighted by Gasteiger charge is -2.15. The summed E-state index contributed by atoms with van der Waals surface area (Å²) in [5.41, 5.74) is 2.33. The molecule has 0 atom stereocenters. The summed E-state index contributed by atoms with van der Waals surface area (Å²) in [7, 11) is 3.24. The van der Waals surface area contributed by atoms with Crippen LogP contribution in [0.1, 0.15) is 21.5 Å². The molecule has 0 fully saturated rings. The lowest BCUT2D eigenvalue weighted by Crippen LogP contribution is -2.03. The third-order valence-corrected chi connectivity index (χ3v) is 4.26. The molecule has 3 aromatic carbocycles. The quantitative estimate of drug-likeness (QED) is 0.506. The molecule has 0 saturated carbocycles. The van der Waals surface area contributed by atoms with Crippen LogP contribution in [0.5, 0.6) is 23.0 Å². The van der Waals surface area contributed by atoms with Gasteiger partial charge in [-0.1, -0.05) is 36.4 Å². The first-order valence-corrected chi connectivity index (χ1v) is 8.83. The summed E-state index contributed by atoms with van der Waals surface area (Å²) in [5.74, 6) is 2.53. The van der Waals surface area contributed by atoms with Gasteiger partial charge in [0.15, 0.2) is 11.5 Å². The number of methoxy groups -OCH3 is 2. The van der Waals surface area contributed by atoms with Crippen molar-refractivity contribution in [3.8, 4) is 23.0 Å². The van der Waals surface area contributed by atoms with Crippen LogP contribution in [0.25, 0.3) is 0 Å². The molecule has 0 saturated heterocycles. The molecule has 0 N–H and O–H groups in total. The molecule has 0 bridgehead atoms. The number of aldehydes is 1. The number of carbonyl (C=O) groups excluding carboxylic acids is 1. The summed E-state index contributed by atoms with van der Waals surface area (Å²) < 4.78 is 22.6. The smallest absolute Gasteiger partial charge is 0.162 e. The first-order valence-electron chi connectivity index (χ1n) is 8.83.